The highest BCUT2D eigenvalue weighted by Crippen LogP contribution is 2.35. The van der Waals surface area contributed by atoms with Crippen molar-refractivity contribution >= 4 is 17.9 Å². The maximum absolute atomic E-state index is 12.6. The van der Waals surface area contributed by atoms with Crippen molar-refractivity contribution in [3.8, 4) is 0 Å². The molecular weight excluding hydrogens is 298 g/mol. The number of aryl methyl sites for hydroxylation is 1. The fraction of sp³-hybridized carbons (Fsp3) is 0.312. The Hall–Kier alpha value is -2.83. The summed E-state index contributed by atoms with van der Waals surface area (Å²) in [5, 5.41) is 11.8. The molecule has 1 atom stereocenters. The summed E-state index contributed by atoms with van der Waals surface area (Å²) < 4.78 is 0. The molecule has 0 fully saturated rings. The van der Waals surface area contributed by atoms with E-state index in [1.807, 2.05) is 31.2 Å². The first-order valence-corrected chi connectivity index (χ1v) is 7.23. The lowest BCUT2D eigenvalue weighted by molar-refractivity contribution is -0.142. The van der Waals surface area contributed by atoms with E-state index in [4.69, 9.17) is 5.11 Å². The molecule has 0 saturated carbocycles. The maximum atomic E-state index is 12.6. The van der Waals surface area contributed by atoms with Crippen LogP contribution in [0, 0.1) is 6.92 Å². The number of carboxylic acid groups (broad SMARTS) is 1. The second-order valence-corrected chi connectivity index (χ2v) is 5.77. The van der Waals surface area contributed by atoms with Gasteiger partial charge in [-0.25, -0.2) is 4.79 Å². The average Bonchev–Trinajstić information content (AvgIpc) is 2.80. The number of nitrogens with one attached hydrogen (secondary N) is 1. The van der Waals surface area contributed by atoms with Crippen molar-refractivity contribution in [2.45, 2.75) is 13.0 Å². The van der Waals surface area contributed by atoms with Gasteiger partial charge in [0.25, 0.3) is 5.91 Å². The van der Waals surface area contributed by atoms with Gasteiger partial charge in [0.2, 0.25) is 0 Å². The lowest BCUT2D eigenvalue weighted by atomic mass is 9.95. The number of hydrogen-bond donors (Lipinski definition) is 2. The van der Waals surface area contributed by atoms with Crippen LogP contribution in [0.25, 0.3) is 0 Å². The van der Waals surface area contributed by atoms with Crippen LogP contribution >= 0.6 is 0 Å². The maximum Gasteiger partial charge on any atom is 0.323 e. The van der Waals surface area contributed by atoms with E-state index in [1.54, 1.807) is 7.05 Å². The zero-order chi connectivity index (χ0) is 16.7. The van der Waals surface area contributed by atoms with Crippen LogP contribution in [-0.2, 0) is 9.59 Å². The Morgan fingerprint density at radius 3 is 2.78 bits per heavy atom. The fourth-order valence-electron chi connectivity index (χ4n) is 3.01. The van der Waals surface area contributed by atoms with E-state index in [9.17, 15) is 14.4 Å². The smallest absolute Gasteiger partial charge is 0.323 e. The highest BCUT2D eigenvalue weighted by molar-refractivity contribution is 6.02. The molecule has 2 aliphatic heterocycles. The molecule has 1 unspecified atom stereocenters. The molecule has 1 aromatic rings. The minimum Gasteiger partial charge on any atom is -0.480 e. The van der Waals surface area contributed by atoms with Crippen LogP contribution in [0.1, 0.15) is 17.2 Å². The van der Waals surface area contributed by atoms with Gasteiger partial charge in [0.05, 0.1) is 23.9 Å². The molecule has 3 amide bonds. The van der Waals surface area contributed by atoms with Gasteiger partial charge in [-0.1, -0.05) is 29.8 Å². The molecule has 2 N–H and O–H groups in total. The van der Waals surface area contributed by atoms with Crippen molar-refractivity contribution in [3.63, 3.8) is 0 Å². The molecule has 7 nitrogen and oxygen atoms in total. The third-order valence-electron chi connectivity index (χ3n) is 4.14. The van der Waals surface area contributed by atoms with Crippen molar-refractivity contribution < 1.29 is 19.5 Å². The molecule has 120 valence electrons. The minimum atomic E-state index is -1.08. The number of nitrogens with zero attached hydrogens (tertiary/aromatic N) is 2. The second kappa shape index (κ2) is 5.42. The first-order chi connectivity index (χ1) is 10.9. The molecule has 23 heavy (non-hydrogen) atoms. The highest BCUT2D eigenvalue weighted by atomic mass is 16.4. The second-order valence-electron chi connectivity index (χ2n) is 5.77. The van der Waals surface area contributed by atoms with Crippen LogP contribution < -0.4 is 5.32 Å². The summed E-state index contributed by atoms with van der Waals surface area (Å²) in [6, 6.07) is 6.70. The number of benzene rings is 1. The van der Waals surface area contributed by atoms with Crippen LogP contribution in [0.2, 0.25) is 0 Å². The van der Waals surface area contributed by atoms with Gasteiger partial charge in [-0.05, 0) is 12.5 Å². The van der Waals surface area contributed by atoms with Gasteiger partial charge in [-0.2, -0.15) is 0 Å². The van der Waals surface area contributed by atoms with Gasteiger partial charge < -0.3 is 15.3 Å². The van der Waals surface area contributed by atoms with Crippen molar-refractivity contribution in [2.24, 2.45) is 0 Å². The van der Waals surface area contributed by atoms with E-state index < -0.39 is 12.0 Å². The van der Waals surface area contributed by atoms with Crippen molar-refractivity contribution in [1.29, 1.82) is 0 Å². The average molecular weight is 315 g/mol. The van der Waals surface area contributed by atoms with Gasteiger partial charge in [-0.15, -0.1) is 0 Å². The molecule has 0 aromatic heterocycles. The Kier molecular flexibility index (Phi) is 3.55. The van der Waals surface area contributed by atoms with Gasteiger partial charge in [-0.3, -0.25) is 14.5 Å². The van der Waals surface area contributed by atoms with E-state index in [-0.39, 0.29) is 25.0 Å². The van der Waals surface area contributed by atoms with Crippen LogP contribution in [0.5, 0.6) is 0 Å². The number of carbonyl (C=O) groups is 3. The van der Waals surface area contributed by atoms with Crippen LogP contribution in [0.4, 0.5) is 4.79 Å². The number of aliphatic carboxylic acids is 1. The molecule has 1 aromatic carbocycles. The minimum absolute atomic E-state index is 0.132. The van der Waals surface area contributed by atoms with E-state index in [0.717, 1.165) is 11.1 Å². The normalized spacial score (nSPS) is 20.7. The molecule has 0 aliphatic carbocycles. The van der Waals surface area contributed by atoms with Gasteiger partial charge in [0.1, 0.15) is 6.54 Å². The third-order valence-corrected chi connectivity index (χ3v) is 4.14. The molecule has 7 heteroatoms. The van der Waals surface area contributed by atoms with Crippen LogP contribution in [-0.4, -0.2) is 53.0 Å². The van der Waals surface area contributed by atoms with Crippen molar-refractivity contribution in [2.75, 3.05) is 20.1 Å². The number of hydrogen-bond acceptors (Lipinski definition) is 3. The van der Waals surface area contributed by atoms with E-state index >= 15 is 0 Å². The van der Waals surface area contributed by atoms with E-state index in [0.29, 0.717) is 11.3 Å². The number of urea groups is 1. The van der Waals surface area contributed by atoms with Crippen molar-refractivity contribution in [1.82, 2.24) is 15.1 Å². The summed E-state index contributed by atoms with van der Waals surface area (Å²) in [5.41, 5.74) is 2.83. The Morgan fingerprint density at radius 1 is 1.39 bits per heavy atom. The van der Waals surface area contributed by atoms with E-state index in [1.165, 1.54) is 9.80 Å². The van der Waals surface area contributed by atoms with Gasteiger partial charge in [0, 0.05) is 7.05 Å². The number of carbonyl (C=O) groups excluding carboxylic acids is 2. The highest BCUT2D eigenvalue weighted by Gasteiger charge is 2.43. The summed E-state index contributed by atoms with van der Waals surface area (Å²) in [5.74, 6) is -1.42. The lowest BCUT2D eigenvalue weighted by Gasteiger charge is -2.31. The number of rotatable bonds is 3. The van der Waals surface area contributed by atoms with Gasteiger partial charge >= 0.3 is 12.0 Å². The fourth-order valence-corrected chi connectivity index (χ4v) is 3.01. The summed E-state index contributed by atoms with van der Waals surface area (Å²) in [7, 11) is 1.58. The van der Waals surface area contributed by atoms with E-state index in [2.05, 4.69) is 5.32 Å². The molecule has 0 radical (unpaired) electrons. The predicted molar refractivity (Wildman–Crippen MR) is 81.5 cm³/mol. The Morgan fingerprint density at radius 2 is 2.13 bits per heavy atom. The predicted octanol–water partition coefficient (Wildman–Crippen LogP) is 0.872. The van der Waals surface area contributed by atoms with Gasteiger partial charge in [0.15, 0.2) is 0 Å². The standard InChI is InChI=1S/C16H17N3O4/c1-9-4-3-5-10(6-9)14-13-11(18(2)16(23)17-14)7-19(15(13)22)8-12(20)21/h3-6,14H,7-8H2,1-2H3,(H,17,23)(H,20,21). The first-order valence-electron chi connectivity index (χ1n) is 7.23. The largest absolute Gasteiger partial charge is 0.480 e. The Bertz CT molecular complexity index is 741. The molecule has 2 heterocycles. The van der Waals surface area contributed by atoms with Crippen LogP contribution in [0.15, 0.2) is 35.5 Å². The lowest BCUT2D eigenvalue weighted by Crippen LogP contribution is -2.45. The topological polar surface area (TPSA) is 90.0 Å². The Labute approximate surface area is 133 Å². The monoisotopic (exact) mass is 315 g/mol. The zero-order valence-electron chi connectivity index (χ0n) is 12.9. The first kappa shape index (κ1) is 15.1. The number of carboxylic acids is 1. The van der Waals surface area contributed by atoms with Crippen molar-refractivity contribution in [3.05, 3.63) is 46.7 Å². The summed E-state index contributed by atoms with van der Waals surface area (Å²) in [6.07, 6.45) is 0. The molecular formula is C16H17N3O4. The Balaban J connectivity index is 2.03. The molecule has 2 aliphatic rings. The summed E-state index contributed by atoms with van der Waals surface area (Å²) in [6.45, 7) is 1.68. The summed E-state index contributed by atoms with van der Waals surface area (Å²) in [4.78, 5) is 38.4. The molecule has 0 spiro atoms. The van der Waals surface area contributed by atoms with Crippen LogP contribution in [0.3, 0.4) is 0 Å². The molecule has 0 bridgehead atoms. The third kappa shape index (κ3) is 2.54. The zero-order valence-corrected chi connectivity index (χ0v) is 12.9. The quantitative estimate of drug-likeness (QED) is 0.866. The molecule has 3 rings (SSSR count). The number of likely N-dealkylation sites (N-methyl/N-ethyl adjacent to an activating group) is 1. The summed E-state index contributed by atoms with van der Waals surface area (Å²) >= 11 is 0. The number of amides is 3. The molecule has 0 saturated heterocycles. The SMILES string of the molecule is Cc1cccc(C2NC(=O)N(C)C3=C2C(=O)N(CC(=O)O)C3)c1.